The highest BCUT2D eigenvalue weighted by Crippen LogP contribution is 2.19. The molecular formula is C33H38O7. The minimum absolute atomic E-state index is 0.0413. The first-order valence-corrected chi connectivity index (χ1v) is 13.9. The van der Waals surface area contributed by atoms with Crippen molar-refractivity contribution in [1.82, 2.24) is 0 Å². The van der Waals surface area contributed by atoms with Gasteiger partial charge in [-0.2, -0.15) is 0 Å². The molecule has 0 saturated carbocycles. The van der Waals surface area contributed by atoms with E-state index in [1.807, 2.05) is 26.0 Å². The van der Waals surface area contributed by atoms with E-state index >= 15 is 0 Å². The average molecular weight is 547 g/mol. The molecule has 0 aliphatic carbocycles. The Morgan fingerprint density at radius 2 is 1.10 bits per heavy atom. The minimum atomic E-state index is -0.507. The first-order valence-electron chi connectivity index (χ1n) is 13.9. The molecule has 0 aliphatic heterocycles. The normalized spacial score (nSPS) is 11.4. The van der Waals surface area contributed by atoms with Crippen molar-refractivity contribution >= 4 is 17.9 Å². The van der Waals surface area contributed by atoms with E-state index in [4.69, 9.17) is 18.9 Å². The smallest absolute Gasteiger partial charge is 0.343 e. The van der Waals surface area contributed by atoms with E-state index in [0.29, 0.717) is 41.6 Å². The Bertz CT molecular complexity index is 1220. The summed E-state index contributed by atoms with van der Waals surface area (Å²) in [5.74, 6) is 0.312. The third kappa shape index (κ3) is 9.88. The number of ether oxygens (including phenoxy) is 4. The van der Waals surface area contributed by atoms with E-state index in [0.717, 1.165) is 44.1 Å². The van der Waals surface area contributed by atoms with Gasteiger partial charge in [0.1, 0.15) is 17.2 Å². The van der Waals surface area contributed by atoms with Crippen LogP contribution in [0.15, 0.2) is 72.8 Å². The Morgan fingerprint density at radius 1 is 0.625 bits per heavy atom. The van der Waals surface area contributed by atoms with Crippen LogP contribution in [0.3, 0.4) is 0 Å². The summed E-state index contributed by atoms with van der Waals surface area (Å²) in [6.45, 7) is 6.94. The maximum Gasteiger partial charge on any atom is 0.343 e. The molecule has 3 aromatic rings. The highest BCUT2D eigenvalue weighted by atomic mass is 16.5. The molecule has 1 unspecified atom stereocenters. The van der Waals surface area contributed by atoms with Crippen LogP contribution < -0.4 is 14.2 Å². The summed E-state index contributed by atoms with van der Waals surface area (Å²) < 4.78 is 21.8. The molecule has 0 bridgehead atoms. The van der Waals surface area contributed by atoms with Crippen LogP contribution in [-0.4, -0.2) is 31.1 Å². The number of benzene rings is 3. The van der Waals surface area contributed by atoms with Crippen LogP contribution in [-0.2, 0) is 16.0 Å². The van der Waals surface area contributed by atoms with Gasteiger partial charge in [-0.15, -0.1) is 0 Å². The molecule has 0 aromatic heterocycles. The molecule has 40 heavy (non-hydrogen) atoms. The highest BCUT2D eigenvalue weighted by molar-refractivity contribution is 5.92. The van der Waals surface area contributed by atoms with Crippen molar-refractivity contribution in [2.45, 2.75) is 59.3 Å². The number of hydrogen-bond donors (Lipinski definition) is 0. The van der Waals surface area contributed by atoms with Crippen LogP contribution in [0.5, 0.6) is 17.2 Å². The van der Waals surface area contributed by atoms with Gasteiger partial charge < -0.3 is 18.9 Å². The summed E-state index contributed by atoms with van der Waals surface area (Å²) in [5.41, 5.74) is 1.90. The van der Waals surface area contributed by atoms with Gasteiger partial charge in [0.15, 0.2) is 0 Å². The molecule has 3 aromatic carbocycles. The summed E-state index contributed by atoms with van der Waals surface area (Å²) in [6.07, 6.45) is 5.39. The first kappa shape index (κ1) is 30.4. The second-order valence-electron chi connectivity index (χ2n) is 9.56. The number of rotatable bonds is 15. The fraction of sp³-hybridized carbons (Fsp3) is 0.364. The van der Waals surface area contributed by atoms with Crippen molar-refractivity contribution in [3.63, 3.8) is 0 Å². The topological polar surface area (TPSA) is 88.1 Å². The van der Waals surface area contributed by atoms with Gasteiger partial charge in [0.25, 0.3) is 0 Å². The maximum atomic E-state index is 12.5. The largest absolute Gasteiger partial charge is 0.494 e. The van der Waals surface area contributed by atoms with Crippen LogP contribution in [0.4, 0.5) is 0 Å². The predicted molar refractivity (Wildman–Crippen MR) is 153 cm³/mol. The van der Waals surface area contributed by atoms with Gasteiger partial charge >= 0.3 is 17.9 Å². The van der Waals surface area contributed by atoms with Crippen molar-refractivity contribution in [3.8, 4) is 17.2 Å². The standard InChI is InChI=1S/C33H38O7/c1-4-24(3)31(34)38-23-9-7-6-8-22-37-28-18-12-26(13-19-28)32(35)40-30-20-14-27(15-21-30)33(36)39-29-16-10-25(5-2)11-17-29/h10-21,24H,4-9,22-23H2,1-3H3. The van der Waals surface area contributed by atoms with E-state index in [1.54, 1.807) is 60.7 Å². The Balaban J connectivity index is 1.35. The summed E-state index contributed by atoms with van der Waals surface area (Å²) in [7, 11) is 0. The van der Waals surface area contributed by atoms with Crippen molar-refractivity contribution in [1.29, 1.82) is 0 Å². The van der Waals surface area contributed by atoms with Crippen molar-refractivity contribution in [3.05, 3.63) is 89.5 Å². The molecule has 0 saturated heterocycles. The number of carbonyl (C=O) groups excluding carboxylic acids is 3. The Labute approximate surface area is 236 Å². The fourth-order valence-electron chi connectivity index (χ4n) is 3.70. The van der Waals surface area contributed by atoms with Gasteiger partial charge in [-0.25, -0.2) is 9.59 Å². The zero-order valence-electron chi connectivity index (χ0n) is 23.5. The first-order chi connectivity index (χ1) is 19.4. The zero-order chi connectivity index (χ0) is 28.7. The third-order valence-electron chi connectivity index (χ3n) is 6.50. The SMILES string of the molecule is CCc1ccc(OC(=O)c2ccc(OC(=O)c3ccc(OCCCCCCOC(=O)C(C)CC)cc3)cc2)cc1. The minimum Gasteiger partial charge on any atom is -0.494 e. The molecule has 7 nitrogen and oxygen atoms in total. The van der Waals surface area contributed by atoms with Gasteiger partial charge in [-0.1, -0.05) is 32.9 Å². The molecule has 7 heteroatoms. The quantitative estimate of drug-likeness (QED) is 0.113. The van der Waals surface area contributed by atoms with Gasteiger partial charge in [0, 0.05) is 0 Å². The Kier molecular flexibility index (Phi) is 12.2. The maximum absolute atomic E-state index is 12.5. The highest BCUT2D eigenvalue weighted by Gasteiger charge is 2.13. The Morgan fingerprint density at radius 3 is 1.60 bits per heavy atom. The summed E-state index contributed by atoms with van der Waals surface area (Å²) >= 11 is 0. The van der Waals surface area contributed by atoms with Gasteiger partial charge in [0.05, 0.1) is 30.3 Å². The van der Waals surface area contributed by atoms with Crippen LogP contribution in [0.25, 0.3) is 0 Å². The molecule has 0 fully saturated rings. The number of carbonyl (C=O) groups is 3. The molecule has 0 N–H and O–H groups in total. The van der Waals surface area contributed by atoms with Gasteiger partial charge in [-0.05, 0) is 105 Å². The van der Waals surface area contributed by atoms with E-state index in [-0.39, 0.29) is 11.9 Å². The summed E-state index contributed by atoms with van der Waals surface area (Å²) in [6, 6.07) is 20.4. The van der Waals surface area contributed by atoms with Crippen molar-refractivity contribution in [2.75, 3.05) is 13.2 Å². The Hall–Kier alpha value is -4.13. The molecule has 212 valence electrons. The van der Waals surface area contributed by atoms with E-state index in [1.165, 1.54) is 0 Å². The molecule has 0 amide bonds. The predicted octanol–water partition coefficient (Wildman–Crippen LogP) is 7.22. The number of aryl methyl sites for hydroxylation is 1. The molecule has 0 radical (unpaired) electrons. The van der Waals surface area contributed by atoms with Crippen LogP contribution in [0.2, 0.25) is 0 Å². The third-order valence-corrected chi connectivity index (χ3v) is 6.50. The lowest BCUT2D eigenvalue weighted by molar-refractivity contribution is -0.148. The molecule has 1 atom stereocenters. The fourth-order valence-corrected chi connectivity index (χ4v) is 3.70. The summed E-state index contributed by atoms with van der Waals surface area (Å²) in [4.78, 5) is 36.6. The number of unbranched alkanes of at least 4 members (excludes halogenated alkanes) is 3. The average Bonchev–Trinajstić information content (AvgIpc) is 2.98. The van der Waals surface area contributed by atoms with E-state index in [2.05, 4.69) is 6.92 Å². The molecular weight excluding hydrogens is 508 g/mol. The summed E-state index contributed by atoms with van der Waals surface area (Å²) in [5, 5.41) is 0. The molecule has 3 rings (SSSR count). The van der Waals surface area contributed by atoms with Crippen LogP contribution in [0.1, 0.15) is 79.2 Å². The van der Waals surface area contributed by atoms with Gasteiger partial charge in [-0.3, -0.25) is 4.79 Å². The van der Waals surface area contributed by atoms with E-state index in [9.17, 15) is 14.4 Å². The number of esters is 3. The zero-order valence-corrected chi connectivity index (χ0v) is 23.5. The molecule has 0 heterocycles. The lowest BCUT2D eigenvalue weighted by atomic mass is 10.1. The van der Waals surface area contributed by atoms with Crippen molar-refractivity contribution < 1.29 is 33.3 Å². The second-order valence-corrected chi connectivity index (χ2v) is 9.56. The van der Waals surface area contributed by atoms with Crippen molar-refractivity contribution in [2.24, 2.45) is 5.92 Å². The number of hydrogen-bond acceptors (Lipinski definition) is 7. The van der Waals surface area contributed by atoms with E-state index < -0.39 is 11.9 Å². The second kappa shape index (κ2) is 16.1. The molecule has 0 spiro atoms. The van der Waals surface area contributed by atoms with Gasteiger partial charge in [0.2, 0.25) is 0 Å². The lowest BCUT2D eigenvalue weighted by Crippen LogP contribution is -2.14. The lowest BCUT2D eigenvalue weighted by Gasteiger charge is -2.09. The molecule has 0 aliphatic rings. The van der Waals surface area contributed by atoms with Crippen LogP contribution >= 0.6 is 0 Å². The van der Waals surface area contributed by atoms with Crippen LogP contribution in [0, 0.1) is 5.92 Å². The monoisotopic (exact) mass is 546 g/mol.